The zero-order chi connectivity index (χ0) is 26.9. The molecular formula is C28H27F2NO6. The standard InChI is InChI=1S/C28H27F2NO6/c1-4-31(5-2)14-15-35-27(33)22-8-6-7-9-25(22)37-28(34)23-16-19(10-13-26(23)36-18(3)32)21-12-11-20(29)17-24(21)30/h6-13,16-17H,4-5,14-15H2,1-3H3. The average Bonchev–Trinajstić information content (AvgIpc) is 2.87. The number of ether oxygens (including phenoxy) is 3. The lowest BCUT2D eigenvalue weighted by atomic mass is 10.0. The van der Waals surface area contributed by atoms with Crippen LogP contribution in [0.1, 0.15) is 41.5 Å². The van der Waals surface area contributed by atoms with Crippen molar-refractivity contribution >= 4 is 17.9 Å². The van der Waals surface area contributed by atoms with Crippen LogP contribution in [0.5, 0.6) is 11.5 Å². The highest BCUT2D eigenvalue weighted by molar-refractivity contribution is 5.99. The van der Waals surface area contributed by atoms with Gasteiger partial charge >= 0.3 is 17.9 Å². The van der Waals surface area contributed by atoms with Crippen LogP contribution in [0.3, 0.4) is 0 Å². The van der Waals surface area contributed by atoms with Gasteiger partial charge in [-0.05, 0) is 55.1 Å². The van der Waals surface area contributed by atoms with Crippen LogP contribution in [-0.2, 0) is 9.53 Å². The zero-order valence-electron chi connectivity index (χ0n) is 20.8. The van der Waals surface area contributed by atoms with Crippen LogP contribution in [0.4, 0.5) is 8.78 Å². The molecule has 0 aromatic heterocycles. The first-order chi connectivity index (χ1) is 17.7. The molecule has 0 amide bonds. The smallest absolute Gasteiger partial charge is 0.347 e. The first kappa shape index (κ1) is 27.5. The SMILES string of the molecule is CCN(CC)CCOC(=O)c1ccccc1OC(=O)c1cc(-c2ccc(F)cc2F)ccc1OC(C)=O. The van der Waals surface area contributed by atoms with Crippen LogP contribution in [0, 0.1) is 11.6 Å². The zero-order valence-corrected chi connectivity index (χ0v) is 20.8. The summed E-state index contributed by atoms with van der Waals surface area (Å²) in [6.07, 6.45) is 0. The number of benzene rings is 3. The van der Waals surface area contributed by atoms with Gasteiger partial charge in [-0.3, -0.25) is 4.79 Å². The van der Waals surface area contributed by atoms with Crippen molar-refractivity contribution in [1.82, 2.24) is 4.90 Å². The minimum atomic E-state index is -0.955. The van der Waals surface area contributed by atoms with Crippen LogP contribution in [0.2, 0.25) is 0 Å². The van der Waals surface area contributed by atoms with Gasteiger partial charge in [0, 0.05) is 25.1 Å². The number of hydrogen-bond donors (Lipinski definition) is 0. The molecular weight excluding hydrogens is 484 g/mol. The first-order valence-corrected chi connectivity index (χ1v) is 11.7. The molecule has 0 aliphatic rings. The van der Waals surface area contributed by atoms with Gasteiger partial charge in [0.25, 0.3) is 0 Å². The number of nitrogens with zero attached hydrogens (tertiary/aromatic N) is 1. The summed E-state index contributed by atoms with van der Waals surface area (Å²) in [6.45, 7) is 7.50. The highest BCUT2D eigenvalue weighted by atomic mass is 19.1. The van der Waals surface area contributed by atoms with E-state index in [9.17, 15) is 23.2 Å². The van der Waals surface area contributed by atoms with Crippen molar-refractivity contribution in [1.29, 1.82) is 0 Å². The second-order valence-electron chi connectivity index (χ2n) is 7.98. The summed E-state index contributed by atoms with van der Waals surface area (Å²) in [5, 5.41) is 0. The van der Waals surface area contributed by atoms with E-state index in [1.807, 2.05) is 13.8 Å². The predicted octanol–water partition coefficient (Wildman–Crippen LogP) is 5.27. The van der Waals surface area contributed by atoms with Crippen LogP contribution in [0.25, 0.3) is 11.1 Å². The van der Waals surface area contributed by atoms with Crippen molar-refractivity contribution < 1.29 is 37.4 Å². The van der Waals surface area contributed by atoms with E-state index >= 15 is 0 Å². The van der Waals surface area contributed by atoms with Crippen LogP contribution >= 0.6 is 0 Å². The van der Waals surface area contributed by atoms with E-state index in [-0.39, 0.29) is 40.4 Å². The van der Waals surface area contributed by atoms with Crippen molar-refractivity contribution in [3.63, 3.8) is 0 Å². The molecule has 0 heterocycles. The van der Waals surface area contributed by atoms with Crippen LogP contribution in [0.15, 0.2) is 60.7 Å². The Morgan fingerprint density at radius 3 is 2.19 bits per heavy atom. The molecule has 0 aliphatic carbocycles. The van der Waals surface area contributed by atoms with Crippen LogP contribution < -0.4 is 9.47 Å². The summed E-state index contributed by atoms with van der Waals surface area (Å²) in [7, 11) is 0. The lowest BCUT2D eigenvalue weighted by molar-refractivity contribution is -0.131. The molecule has 0 radical (unpaired) electrons. The monoisotopic (exact) mass is 511 g/mol. The summed E-state index contributed by atoms with van der Waals surface area (Å²) >= 11 is 0. The van der Waals surface area contributed by atoms with E-state index in [0.717, 1.165) is 32.1 Å². The summed E-state index contributed by atoms with van der Waals surface area (Å²) in [5.74, 6) is -4.08. The minimum absolute atomic E-state index is 0.0296. The molecule has 0 spiro atoms. The fraction of sp³-hybridized carbons (Fsp3) is 0.250. The Morgan fingerprint density at radius 2 is 1.51 bits per heavy atom. The summed E-state index contributed by atoms with van der Waals surface area (Å²) in [5.41, 5.74) is 0.0951. The Morgan fingerprint density at radius 1 is 0.811 bits per heavy atom. The first-order valence-electron chi connectivity index (χ1n) is 11.7. The van der Waals surface area contributed by atoms with E-state index in [4.69, 9.17) is 14.2 Å². The highest BCUT2D eigenvalue weighted by Gasteiger charge is 2.22. The summed E-state index contributed by atoms with van der Waals surface area (Å²) in [4.78, 5) is 39.5. The lowest BCUT2D eigenvalue weighted by Gasteiger charge is -2.18. The second kappa shape index (κ2) is 12.7. The van der Waals surface area contributed by atoms with Gasteiger partial charge in [0.1, 0.15) is 40.9 Å². The van der Waals surface area contributed by atoms with E-state index in [0.29, 0.717) is 6.54 Å². The molecule has 0 bridgehead atoms. The summed E-state index contributed by atoms with van der Waals surface area (Å²) < 4.78 is 43.7. The molecule has 0 unspecified atom stereocenters. The largest absolute Gasteiger partial charge is 0.461 e. The van der Waals surface area contributed by atoms with Gasteiger partial charge in [0.15, 0.2) is 0 Å². The fourth-order valence-corrected chi connectivity index (χ4v) is 3.59. The molecule has 194 valence electrons. The Bertz CT molecular complexity index is 1290. The molecule has 9 heteroatoms. The number of rotatable bonds is 10. The Kier molecular flexibility index (Phi) is 9.45. The van der Waals surface area contributed by atoms with Gasteiger partial charge < -0.3 is 19.1 Å². The van der Waals surface area contributed by atoms with Crippen LogP contribution in [-0.4, -0.2) is 49.0 Å². The molecule has 0 saturated carbocycles. The third kappa shape index (κ3) is 7.20. The quantitative estimate of drug-likeness (QED) is 0.271. The topological polar surface area (TPSA) is 82.1 Å². The molecule has 0 saturated heterocycles. The molecule has 3 aromatic carbocycles. The highest BCUT2D eigenvalue weighted by Crippen LogP contribution is 2.30. The number of hydrogen-bond acceptors (Lipinski definition) is 7. The number of likely N-dealkylation sites (N-methyl/N-ethyl adjacent to an activating group) is 1. The maximum Gasteiger partial charge on any atom is 0.347 e. The van der Waals surface area contributed by atoms with Crippen molar-refractivity contribution in [2.24, 2.45) is 0 Å². The third-order valence-corrected chi connectivity index (χ3v) is 5.54. The number of carbonyl (C=O) groups is 3. The number of carbonyl (C=O) groups excluding carboxylic acids is 3. The maximum absolute atomic E-state index is 14.4. The molecule has 3 aromatic rings. The van der Waals surface area contributed by atoms with E-state index in [1.54, 1.807) is 12.1 Å². The van der Waals surface area contributed by atoms with Gasteiger partial charge in [-0.15, -0.1) is 0 Å². The Labute approximate surface area is 213 Å². The number of para-hydroxylation sites is 1. The Balaban J connectivity index is 1.88. The molecule has 0 atom stereocenters. The van der Waals surface area contributed by atoms with Crippen molar-refractivity contribution in [2.75, 3.05) is 26.2 Å². The Hall–Kier alpha value is -4.11. The van der Waals surface area contributed by atoms with Gasteiger partial charge in [-0.1, -0.05) is 32.0 Å². The molecule has 0 N–H and O–H groups in total. The van der Waals surface area contributed by atoms with Gasteiger partial charge in [-0.25, -0.2) is 18.4 Å². The molecule has 37 heavy (non-hydrogen) atoms. The van der Waals surface area contributed by atoms with E-state index in [1.165, 1.54) is 36.4 Å². The van der Waals surface area contributed by atoms with Crippen molar-refractivity contribution in [3.05, 3.63) is 83.4 Å². The molecule has 3 rings (SSSR count). The van der Waals surface area contributed by atoms with Gasteiger partial charge in [0.2, 0.25) is 0 Å². The maximum atomic E-state index is 14.4. The normalized spacial score (nSPS) is 10.8. The fourth-order valence-electron chi connectivity index (χ4n) is 3.59. The molecule has 0 aliphatic heterocycles. The number of esters is 3. The van der Waals surface area contributed by atoms with E-state index < -0.39 is 29.5 Å². The van der Waals surface area contributed by atoms with E-state index in [2.05, 4.69) is 4.90 Å². The predicted molar refractivity (Wildman–Crippen MR) is 133 cm³/mol. The van der Waals surface area contributed by atoms with Gasteiger partial charge in [0.05, 0.1) is 0 Å². The van der Waals surface area contributed by atoms with Gasteiger partial charge in [-0.2, -0.15) is 0 Å². The summed E-state index contributed by atoms with van der Waals surface area (Å²) in [6, 6.07) is 13.1. The number of halogens is 2. The molecule has 7 nitrogen and oxygen atoms in total. The average molecular weight is 512 g/mol. The van der Waals surface area contributed by atoms with Crippen molar-refractivity contribution in [2.45, 2.75) is 20.8 Å². The lowest BCUT2D eigenvalue weighted by Crippen LogP contribution is -2.28. The molecule has 0 fully saturated rings. The third-order valence-electron chi connectivity index (χ3n) is 5.54. The van der Waals surface area contributed by atoms with Crippen molar-refractivity contribution in [3.8, 4) is 22.6 Å². The second-order valence-corrected chi connectivity index (χ2v) is 7.98. The minimum Gasteiger partial charge on any atom is -0.461 e.